The van der Waals surface area contributed by atoms with E-state index in [1.54, 1.807) is 12.1 Å². The number of unbranched alkanes of at least 4 members (excludes halogenated alkanes) is 1. The molecular weight excluding hydrogens is 326 g/mol. The number of hydrogen-bond acceptors (Lipinski definition) is 4. The molecule has 6 heteroatoms. The van der Waals surface area contributed by atoms with Gasteiger partial charge in [0.2, 0.25) is 17.6 Å². The van der Waals surface area contributed by atoms with Gasteiger partial charge >= 0.3 is 0 Å². The predicted octanol–water partition coefficient (Wildman–Crippen LogP) is 4.63. The average molecular weight is 348 g/mol. The lowest BCUT2D eigenvalue weighted by molar-refractivity contribution is -0.135. The van der Waals surface area contributed by atoms with Gasteiger partial charge in [0.15, 0.2) is 0 Å². The van der Waals surface area contributed by atoms with Crippen LogP contribution in [0, 0.1) is 0 Å². The first-order valence-corrected chi connectivity index (χ1v) is 8.96. The molecule has 0 aliphatic carbocycles. The molecule has 0 saturated carbocycles. The maximum Gasteiger partial charge on any atom is 0.249 e. The number of halogens is 1. The topological polar surface area (TPSA) is 59.2 Å². The molecule has 3 rings (SSSR count). The molecule has 0 unspecified atom stereocenters. The summed E-state index contributed by atoms with van der Waals surface area (Å²) in [6.07, 6.45) is 5.49. The van der Waals surface area contributed by atoms with Gasteiger partial charge in [0.25, 0.3) is 0 Å². The Morgan fingerprint density at radius 3 is 3.08 bits per heavy atom. The van der Waals surface area contributed by atoms with Crippen molar-refractivity contribution in [3.05, 3.63) is 35.2 Å². The first-order valence-electron chi connectivity index (χ1n) is 8.58. The number of amides is 1. The van der Waals surface area contributed by atoms with Gasteiger partial charge in [-0.05, 0) is 37.8 Å². The highest BCUT2D eigenvalue weighted by atomic mass is 35.5. The maximum atomic E-state index is 12.5. The maximum absolute atomic E-state index is 12.5. The Morgan fingerprint density at radius 1 is 1.42 bits per heavy atom. The van der Waals surface area contributed by atoms with Crippen molar-refractivity contribution in [1.82, 2.24) is 15.0 Å². The number of benzene rings is 1. The summed E-state index contributed by atoms with van der Waals surface area (Å²) in [5.41, 5.74) is 0.817. The molecule has 128 valence electrons. The van der Waals surface area contributed by atoms with E-state index in [0.29, 0.717) is 23.2 Å². The van der Waals surface area contributed by atoms with Crippen LogP contribution in [-0.2, 0) is 4.79 Å². The second-order valence-electron chi connectivity index (χ2n) is 6.17. The van der Waals surface area contributed by atoms with Crippen molar-refractivity contribution in [3.8, 4) is 11.4 Å². The van der Waals surface area contributed by atoms with Crippen LogP contribution in [0.25, 0.3) is 11.4 Å². The third-order valence-electron chi connectivity index (χ3n) is 4.38. The molecule has 1 amide bonds. The van der Waals surface area contributed by atoms with E-state index >= 15 is 0 Å². The Balaban J connectivity index is 1.80. The summed E-state index contributed by atoms with van der Waals surface area (Å²) in [6, 6.07) is 7.26. The third-order valence-corrected chi connectivity index (χ3v) is 4.61. The summed E-state index contributed by atoms with van der Waals surface area (Å²) >= 11 is 6.02. The third kappa shape index (κ3) is 3.78. The van der Waals surface area contributed by atoms with Crippen LogP contribution in [0.1, 0.15) is 57.4 Å². The first kappa shape index (κ1) is 17.0. The summed E-state index contributed by atoms with van der Waals surface area (Å²) in [6.45, 7) is 2.86. The number of likely N-dealkylation sites (tertiary alicyclic amines) is 1. The minimum Gasteiger partial charge on any atom is -0.337 e. The van der Waals surface area contributed by atoms with Crippen molar-refractivity contribution in [3.63, 3.8) is 0 Å². The fraction of sp³-hybridized carbons (Fsp3) is 0.500. The molecule has 1 fully saturated rings. The number of carbonyl (C=O) groups excluding carboxylic acids is 1. The molecule has 24 heavy (non-hydrogen) atoms. The molecule has 2 aromatic rings. The molecule has 0 radical (unpaired) electrons. The van der Waals surface area contributed by atoms with Gasteiger partial charge in [0.05, 0.1) is 0 Å². The lowest BCUT2D eigenvalue weighted by Gasteiger charge is -2.33. The van der Waals surface area contributed by atoms with Crippen LogP contribution in [0.4, 0.5) is 0 Å². The van der Waals surface area contributed by atoms with E-state index in [1.807, 2.05) is 17.0 Å². The Bertz CT molecular complexity index is 701. The second-order valence-corrected chi connectivity index (χ2v) is 6.61. The standard InChI is InChI=1S/C18H22ClN3O2/c1-2-3-10-16(23)22-11-5-4-9-15(22)18-20-17(21-24-18)13-7-6-8-14(19)12-13/h6-8,12,15H,2-5,9-11H2,1H3/t15-/m1/s1. The zero-order valence-electron chi connectivity index (χ0n) is 13.9. The highest BCUT2D eigenvalue weighted by Gasteiger charge is 2.31. The number of piperidine rings is 1. The fourth-order valence-electron chi connectivity index (χ4n) is 3.07. The van der Waals surface area contributed by atoms with Crippen molar-refractivity contribution in [1.29, 1.82) is 0 Å². The normalized spacial score (nSPS) is 17.9. The van der Waals surface area contributed by atoms with Crippen molar-refractivity contribution in [2.75, 3.05) is 6.54 Å². The summed E-state index contributed by atoms with van der Waals surface area (Å²) < 4.78 is 5.49. The average Bonchev–Trinajstić information content (AvgIpc) is 3.09. The molecule has 1 aromatic heterocycles. The van der Waals surface area contributed by atoms with E-state index in [-0.39, 0.29) is 11.9 Å². The van der Waals surface area contributed by atoms with Crippen LogP contribution in [0.3, 0.4) is 0 Å². The van der Waals surface area contributed by atoms with Crippen molar-refractivity contribution < 1.29 is 9.32 Å². The fourth-order valence-corrected chi connectivity index (χ4v) is 3.26. The zero-order chi connectivity index (χ0) is 16.9. The lowest BCUT2D eigenvalue weighted by atomic mass is 10.0. The Kier molecular flexibility index (Phi) is 5.51. The SMILES string of the molecule is CCCCC(=O)N1CCCC[C@@H]1c1nc(-c2cccc(Cl)c2)no1. The number of aromatic nitrogens is 2. The van der Waals surface area contributed by atoms with E-state index in [2.05, 4.69) is 17.1 Å². The van der Waals surface area contributed by atoms with Crippen LogP contribution >= 0.6 is 11.6 Å². The van der Waals surface area contributed by atoms with Crippen LogP contribution in [0.5, 0.6) is 0 Å². The largest absolute Gasteiger partial charge is 0.337 e. The Labute approximate surface area is 147 Å². The van der Waals surface area contributed by atoms with Gasteiger partial charge in [0.1, 0.15) is 6.04 Å². The first-order chi connectivity index (χ1) is 11.7. The molecule has 1 aliphatic rings. The van der Waals surface area contributed by atoms with Gasteiger partial charge in [-0.2, -0.15) is 4.98 Å². The minimum atomic E-state index is -0.108. The van der Waals surface area contributed by atoms with Gasteiger partial charge in [0, 0.05) is 23.6 Å². The van der Waals surface area contributed by atoms with Crippen LogP contribution in [0.15, 0.2) is 28.8 Å². The van der Waals surface area contributed by atoms with E-state index in [0.717, 1.165) is 44.2 Å². The molecule has 1 aliphatic heterocycles. The summed E-state index contributed by atoms with van der Waals surface area (Å²) in [5, 5.41) is 4.71. The number of hydrogen-bond donors (Lipinski definition) is 0. The van der Waals surface area contributed by atoms with Crippen LogP contribution in [0.2, 0.25) is 5.02 Å². The Morgan fingerprint density at radius 2 is 2.29 bits per heavy atom. The van der Waals surface area contributed by atoms with Crippen LogP contribution < -0.4 is 0 Å². The molecule has 0 N–H and O–H groups in total. The quantitative estimate of drug-likeness (QED) is 0.790. The predicted molar refractivity (Wildman–Crippen MR) is 92.6 cm³/mol. The van der Waals surface area contributed by atoms with Crippen LogP contribution in [-0.4, -0.2) is 27.5 Å². The van der Waals surface area contributed by atoms with Gasteiger partial charge in [-0.25, -0.2) is 0 Å². The second kappa shape index (κ2) is 7.79. The molecule has 0 spiro atoms. The molecule has 1 aromatic carbocycles. The molecule has 1 atom stereocenters. The summed E-state index contributed by atoms with van der Waals surface area (Å²) in [7, 11) is 0. The highest BCUT2D eigenvalue weighted by molar-refractivity contribution is 6.30. The molecule has 0 bridgehead atoms. The van der Waals surface area contributed by atoms with E-state index in [4.69, 9.17) is 16.1 Å². The van der Waals surface area contributed by atoms with Gasteiger partial charge < -0.3 is 9.42 Å². The van der Waals surface area contributed by atoms with E-state index in [1.165, 1.54) is 0 Å². The molecular formula is C18H22ClN3O2. The summed E-state index contributed by atoms with van der Waals surface area (Å²) in [5.74, 6) is 1.22. The molecule has 1 saturated heterocycles. The lowest BCUT2D eigenvalue weighted by Crippen LogP contribution is -2.38. The highest BCUT2D eigenvalue weighted by Crippen LogP contribution is 2.32. The van der Waals surface area contributed by atoms with Gasteiger partial charge in [-0.3, -0.25) is 4.79 Å². The molecule has 2 heterocycles. The van der Waals surface area contributed by atoms with Gasteiger partial charge in [-0.1, -0.05) is 42.2 Å². The minimum absolute atomic E-state index is 0.108. The number of rotatable bonds is 5. The van der Waals surface area contributed by atoms with Crippen molar-refractivity contribution >= 4 is 17.5 Å². The van der Waals surface area contributed by atoms with Gasteiger partial charge in [-0.15, -0.1) is 0 Å². The van der Waals surface area contributed by atoms with E-state index in [9.17, 15) is 4.79 Å². The summed E-state index contributed by atoms with van der Waals surface area (Å²) in [4.78, 5) is 18.9. The van der Waals surface area contributed by atoms with E-state index < -0.39 is 0 Å². The number of nitrogens with zero attached hydrogens (tertiary/aromatic N) is 3. The monoisotopic (exact) mass is 347 g/mol. The van der Waals surface area contributed by atoms with Crippen molar-refractivity contribution in [2.45, 2.75) is 51.5 Å². The van der Waals surface area contributed by atoms with Crippen molar-refractivity contribution in [2.24, 2.45) is 0 Å². The molecule has 5 nitrogen and oxygen atoms in total. The zero-order valence-corrected chi connectivity index (χ0v) is 14.6. The smallest absolute Gasteiger partial charge is 0.249 e. The Hall–Kier alpha value is -1.88. The number of carbonyl (C=O) groups is 1.